The van der Waals surface area contributed by atoms with Gasteiger partial charge in [-0.15, -0.1) is 0 Å². The summed E-state index contributed by atoms with van der Waals surface area (Å²) in [6, 6.07) is 9.72. The van der Waals surface area contributed by atoms with Crippen LogP contribution in [-0.2, 0) is 7.05 Å². The average molecular weight is 401 g/mol. The summed E-state index contributed by atoms with van der Waals surface area (Å²) in [4.78, 5) is 22.0. The van der Waals surface area contributed by atoms with Gasteiger partial charge in [-0.1, -0.05) is 12.1 Å². The van der Waals surface area contributed by atoms with E-state index >= 15 is 0 Å². The van der Waals surface area contributed by atoms with Gasteiger partial charge in [0.1, 0.15) is 12.7 Å². The molecule has 0 saturated heterocycles. The number of fused-ring (bicyclic) bond motifs is 1. The number of aryl methyl sites for hydroxylation is 2. The number of benzene rings is 1. The zero-order valence-electron chi connectivity index (χ0n) is 17.2. The lowest BCUT2D eigenvalue weighted by Crippen LogP contribution is -2.27. The van der Waals surface area contributed by atoms with E-state index in [4.69, 9.17) is 4.98 Å². The molecule has 1 saturated carbocycles. The summed E-state index contributed by atoms with van der Waals surface area (Å²) in [5.41, 5.74) is 5.16. The summed E-state index contributed by atoms with van der Waals surface area (Å²) in [5, 5.41) is 12.6. The van der Waals surface area contributed by atoms with E-state index in [1.807, 2.05) is 51.2 Å². The van der Waals surface area contributed by atoms with Crippen LogP contribution in [0.1, 0.15) is 59.0 Å². The lowest BCUT2D eigenvalue weighted by Gasteiger charge is -2.16. The maximum absolute atomic E-state index is 13.3. The molecule has 0 spiro atoms. The molecule has 3 heterocycles. The van der Waals surface area contributed by atoms with Crippen LogP contribution in [0.25, 0.3) is 16.7 Å². The molecule has 0 bridgehead atoms. The Hall–Kier alpha value is -3.55. The Bertz CT molecular complexity index is 1220. The Labute approximate surface area is 174 Å². The van der Waals surface area contributed by atoms with Crippen LogP contribution in [0.5, 0.6) is 0 Å². The van der Waals surface area contributed by atoms with Crippen LogP contribution in [0.2, 0.25) is 0 Å². The molecular weight excluding hydrogens is 378 g/mol. The normalized spacial score (nSPS) is 14.8. The van der Waals surface area contributed by atoms with E-state index in [0.29, 0.717) is 11.5 Å². The van der Waals surface area contributed by atoms with E-state index in [9.17, 15) is 4.79 Å². The van der Waals surface area contributed by atoms with Crippen molar-refractivity contribution in [1.82, 2.24) is 34.8 Å². The Balaban J connectivity index is 1.43. The van der Waals surface area contributed by atoms with Gasteiger partial charge in [0.2, 0.25) is 0 Å². The summed E-state index contributed by atoms with van der Waals surface area (Å²) in [6.45, 7) is 3.91. The van der Waals surface area contributed by atoms with Crippen molar-refractivity contribution in [1.29, 1.82) is 0 Å². The van der Waals surface area contributed by atoms with Gasteiger partial charge in [0.15, 0.2) is 5.65 Å². The fraction of sp³-hybridized carbons (Fsp3) is 0.318. The summed E-state index contributed by atoms with van der Waals surface area (Å²) in [5.74, 6) is 0.353. The summed E-state index contributed by atoms with van der Waals surface area (Å²) >= 11 is 0. The van der Waals surface area contributed by atoms with Gasteiger partial charge in [0.05, 0.1) is 28.4 Å². The van der Waals surface area contributed by atoms with Gasteiger partial charge in [0.25, 0.3) is 5.91 Å². The Morgan fingerprint density at radius 2 is 2.00 bits per heavy atom. The number of nitrogens with zero attached hydrogens (tertiary/aromatic N) is 6. The van der Waals surface area contributed by atoms with Crippen molar-refractivity contribution in [3.05, 3.63) is 65.5 Å². The number of carbonyl (C=O) groups is 1. The third-order valence-corrected chi connectivity index (χ3v) is 5.65. The second-order valence-electron chi connectivity index (χ2n) is 7.90. The summed E-state index contributed by atoms with van der Waals surface area (Å²) < 4.78 is 3.46. The standard InChI is InChI=1S/C22H23N7O/c1-13(15-6-8-17(9-7-15)29-12-23-11-24-29)25-22(30)18-10-19(16-4-5-16)26-21-20(18)14(2)27-28(21)3/h6-13,16H,4-5H2,1-3H3,(H,25,30). The predicted molar refractivity (Wildman–Crippen MR) is 112 cm³/mol. The second kappa shape index (κ2) is 7.05. The molecule has 1 amide bonds. The number of aromatic nitrogens is 6. The largest absolute Gasteiger partial charge is 0.345 e. The van der Waals surface area contributed by atoms with Crippen LogP contribution < -0.4 is 5.32 Å². The fourth-order valence-electron chi connectivity index (χ4n) is 3.85. The lowest BCUT2D eigenvalue weighted by atomic mass is 10.0. The molecule has 5 rings (SSSR count). The maximum atomic E-state index is 13.3. The number of rotatable bonds is 5. The van der Waals surface area contributed by atoms with E-state index in [1.54, 1.807) is 15.7 Å². The molecule has 1 unspecified atom stereocenters. The number of amides is 1. The van der Waals surface area contributed by atoms with E-state index in [1.165, 1.54) is 6.33 Å². The molecule has 1 atom stereocenters. The highest BCUT2D eigenvalue weighted by atomic mass is 16.1. The summed E-state index contributed by atoms with van der Waals surface area (Å²) in [7, 11) is 1.88. The molecule has 8 nitrogen and oxygen atoms in total. The third-order valence-electron chi connectivity index (χ3n) is 5.65. The smallest absolute Gasteiger partial charge is 0.252 e. The Morgan fingerprint density at radius 3 is 2.67 bits per heavy atom. The van der Waals surface area contributed by atoms with E-state index in [-0.39, 0.29) is 11.9 Å². The van der Waals surface area contributed by atoms with Crippen LogP contribution >= 0.6 is 0 Å². The van der Waals surface area contributed by atoms with Gasteiger partial charge in [-0.05, 0) is 50.5 Å². The summed E-state index contributed by atoms with van der Waals surface area (Å²) in [6.07, 6.45) is 5.42. The number of nitrogens with one attached hydrogen (secondary N) is 1. The van der Waals surface area contributed by atoms with Gasteiger partial charge in [-0.25, -0.2) is 14.6 Å². The second-order valence-corrected chi connectivity index (χ2v) is 7.90. The molecule has 0 aliphatic heterocycles. The highest BCUT2D eigenvalue weighted by Gasteiger charge is 2.28. The number of hydrogen-bond donors (Lipinski definition) is 1. The molecule has 1 aliphatic rings. The predicted octanol–water partition coefficient (Wildman–Crippen LogP) is 3.23. The molecule has 1 aliphatic carbocycles. The average Bonchev–Trinajstić information content (AvgIpc) is 3.37. The molecule has 1 fully saturated rings. The zero-order chi connectivity index (χ0) is 20.8. The minimum Gasteiger partial charge on any atom is -0.345 e. The van der Waals surface area contributed by atoms with Crippen molar-refractivity contribution < 1.29 is 4.79 Å². The SMILES string of the molecule is Cc1nn(C)c2nc(C3CC3)cc(C(=O)NC(C)c3ccc(-n4cncn4)cc3)c12. The molecule has 1 N–H and O–H groups in total. The lowest BCUT2D eigenvalue weighted by molar-refractivity contribution is 0.0941. The van der Waals surface area contributed by atoms with Gasteiger partial charge in [0, 0.05) is 18.7 Å². The Kier molecular flexibility index (Phi) is 4.34. The molecule has 152 valence electrons. The first kappa shape index (κ1) is 18.5. The van der Waals surface area contributed by atoms with Crippen LogP contribution in [0.3, 0.4) is 0 Å². The van der Waals surface area contributed by atoms with E-state index in [2.05, 4.69) is 20.5 Å². The third kappa shape index (κ3) is 3.24. The molecule has 0 radical (unpaired) electrons. The molecule has 4 aromatic rings. The van der Waals surface area contributed by atoms with Crippen molar-refractivity contribution in [2.75, 3.05) is 0 Å². The molecular formula is C22H23N7O. The van der Waals surface area contributed by atoms with Gasteiger partial charge >= 0.3 is 0 Å². The highest BCUT2D eigenvalue weighted by Crippen LogP contribution is 2.40. The first-order chi connectivity index (χ1) is 14.5. The van der Waals surface area contributed by atoms with Gasteiger partial charge in [-0.2, -0.15) is 10.2 Å². The van der Waals surface area contributed by atoms with Crippen molar-refractivity contribution >= 4 is 16.9 Å². The van der Waals surface area contributed by atoms with Crippen LogP contribution in [0, 0.1) is 6.92 Å². The van der Waals surface area contributed by atoms with Crippen LogP contribution in [0.15, 0.2) is 43.0 Å². The number of pyridine rings is 1. The van der Waals surface area contributed by atoms with Crippen molar-refractivity contribution in [3.8, 4) is 5.69 Å². The monoisotopic (exact) mass is 401 g/mol. The number of carbonyl (C=O) groups excluding carboxylic acids is 1. The van der Waals surface area contributed by atoms with Gasteiger partial charge < -0.3 is 5.32 Å². The quantitative estimate of drug-likeness (QED) is 0.554. The van der Waals surface area contributed by atoms with Crippen molar-refractivity contribution in [2.24, 2.45) is 7.05 Å². The highest BCUT2D eigenvalue weighted by molar-refractivity contribution is 6.06. The topological polar surface area (TPSA) is 90.5 Å². The molecule has 3 aromatic heterocycles. The minimum absolute atomic E-state index is 0.103. The first-order valence-electron chi connectivity index (χ1n) is 10.1. The van der Waals surface area contributed by atoms with E-state index in [0.717, 1.165) is 46.5 Å². The zero-order valence-corrected chi connectivity index (χ0v) is 17.2. The van der Waals surface area contributed by atoms with Crippen molar-refractivity contribution in [3.63, 3.8) is 0 Å². The molecule has 1 aromatic carbocycles. The van der Waals surface area contributed by atoms with E-state index < -0.39 is 0 Å². The van der Waals surface area contributed by atoms with Gasteiger partial charge in [-0.3, -0.25) is 9.48 Å². The van der Waals surface area contributed by atoms with Crippen LogP contribution in [0.4, 0.5) is 0 Å². The Morgan fingerprint density at radius 1 is 1.23 bits per heavy atom. The minimum atomic E-state index is -0.146. The fourth-order valence-corrected chi connectivity index (χ4v) is 3.85. The van der Waals surface area contributed by atoms with Crippen LogP contribution in [-0.4, -0.2) is 35.4 Å². The first-order valence-corrected chi connectivity index (χ1v) is 10.1. The maximum Gasteiger partial charge on any atom is 0.252 e. The molecule has 8 heteroatoms. The number of hydrogen-bond acceptors (Lipinski definition) is 5. The molecule has 30 heavy (non-hydrogen) atoms. The van der Waals surface area contributed by atoms with Crippen molar-refractivity contribution in [2.45, 2.75) is 38.6 Å².